The van der Waals surface area contributed by atoms with Crippen LogP contribution in [0.4, 0.5) is 0 Å². The van der Waals surface area contributed by atoms with Gasteiger partial charge in [-0.15, -0.1) is 0 Å². The van der Waals surface area contributed by atoms with Crippen LogP contribution in [0, 0.1) is 13.8 Å². The third kappa shape index (κ3) is 9.68. The average Bonchev–Trinajstić information content (AvgIpc) is 2.90. The molecule has 3 rings (SSSR count). The molecule has 0 aliphatic rings. The van der Waals surface area contributed by atoms with Gasteiger partial charge in [-0.05, 0) is 75.8 Å². The van der Waals surface area contributed by atoms with Crippen LogP contribution in [0.2, 0.25) is 10.0 Å². The summed E-state index contributed by atoms with van der Waals surface area (Å²) in [4.78, 5) is 47.3. The lowest BCUT2D eigenvalue weighted by atomic mass is 10.1. The zero-order valence-corrected chi connectivity index (χ0v) is 23.7. The number of carboxylic acids is 2. The first-order valence-electron chi connectivity index (χ1n) is 12.0. The first-order chi connectivity index (χ1) is 18.8. The summed E-state index contributed by atoms with van der Waals surface area (Å²) in [6, 6.07) is 17.9. The van der Waals surface area contributed by atoms with E-state index in [0.29, 0.717) is 10.0 Å². The molecule has 1 unspecified atom stereocenters. The summed E-state index contributed by atoms with van der Waals surface area (Å²) in [5, 5.41) is 23.1. The maximum absolute atomic E-state index is 12.2. The van der Waals surface area contributed by atoms with E-state index >= 15 is 0 Å². The van der Waals surface area contributed by atoms with Crippen molar-refractivity contribution in [2.24, 2.45) is 0 Å². The van der Waals surface area contributed by atoms with Gasteiger partial charge in [0.05, 0.1) is 11.1 Å². The van der Waals surface area contributed by atoms with E-state index in [1.54, 1.807) is 44.2 Å². The third-order valence-electron chi connectivity index (χ3n) is 5.62. The van der Waals surface area contributed by atoms with Gasteiger partial charge in [-0.1, -0.05) is 58.6 Å². The van der Waals surface area contributed by atoms with Crippen molar-refractivity contribution in [2.45, 2.75) is 39.0 Å². The topological polar surface area (TPSA) is 139 Å². The highest BCUT2D eigenvalue weighted by molar-refractivity contribution is 6.34. The summed E-state index contributed by atoms with van der Waals surface area (Å²) in [5.41, 5.74) is 2.90. The van der Waals surface area contributed by atoms with Gasteiger partial charge >= 0.3 is 23.9 Å². The SMILES string of the molecule is CNC(C)c1cc(Cl)cc(Cl)c1.Cc1ccc(C(=O)O[C@H](C(=O)O)[C@H](OC(=O)c2ccc(C)cc2)C(=O)O)cc1. The van der Waals surface area contributed by atoms with Gasteiger partial charge in [0.15, 0.2) is 0 Å². The van der Waals surface area contributed by atoms with Crippen molar-refractivity contribution < 1.29 is 38.9 Å². The van der Waals surface area contributed by atoms with E-state index in [9.17, 15) is 29.4 Å². The van der Waals surface area contributed by atoms with Crippen molar-refractivity contribution in [1.82, 2.24) is 5.32 Å². The molecule has 0 radical (unpaired) electrons. The highest BCUT2D eigenvalue weighted by Gasteiger charge is 2.41. The number of ether oxygens (including phenoxy) is 2. The second kappa shape index (κ2) is 15.0. The van der Waals surface area contributed by atoms with Crippen molar-refractivity contribution in [3.8, 4) is 0 Å². The highest BCUT2D eigenvalue weighted by atomic mass is 35.5. The monoisotopic (exact) mass is 589 g/mol. The highest BCUT2D eigenvalue weighted by Crippen LogP contribution is 2.23. The molecule has 0 aromatic heterocycles. The van der Waals surface area contributed by atoms with Crippen molar-refractivity contribution in [3.63, 3.8) is 0 Å². The molecule has 3 aromatic carbocycles. The Labute approximate surface area is 241 Å². The van der Waals surface area contributed by atoms with Crippen LogP contribution < -0.4 is 5.32 Å². The van der Waals surface area contributed by atoms with Crippen LogP contribution in [-0.2, 0) is 19.1 Å². The third-order valence-corrected chi connectivity index (χ3v) is 6.06. The number of aryl methyl sites for hydroxylation is 2. The quantitative estimate of drug-likeness (QED) is 0.276. The molecule has 0 bridgehead atoms. The number of esters is 2. The minimum atomic E-state index is -2.22. The Bertz CT molecular complexity index is 1250. The number of carboxylic acid groups (broad SMARTS) is 2. The maximum atomic E-state index is 12.2. The molecule has 0 heterocycles. The van der Waals surface area contributed by atoms with Gasteiger partial charge in [-0.2, -0.15) is 0 Å². The molecule has 0 aliphatic heterocycles. The summed E-state index contributed by atoms with van der Waals surface area (Å²) >= 11 is 11.7. The van der Waals surface area contributed by atoms with Crippen molar-refractivity contribution >= 4 is 47.1 Å². The molecule has 0 amide bonds. The summed E-state index contributed by atoms with van der Waals surface area (Å²) in [5.74, 6) is -5.62. The Kier molecular flexibility index (Phi) is 12.1. The van der Waals surface area contributed by atoms with E-state index in [2.05, 4.69) is 12.2 Å². The Balaban J connectivity index is 0.000000389. The summed E-state index contributed by atoms with van der Waals surface area (Å²) in [7, 11) is 1.90. The van der Waals surface area contributed by atoms with Crippen molar-refractivity contribution in [3.05, 3.63) is 105 Å². The molecule has 11 heteroatoms. The fourth-order valence-corrected chi connectivity index (χ4v) is 3.76. The van der Waals surface area contributed by atoms with Gasteiger partial charge in [0.25, 0.3) is 0 Å². The second-order valence-corrected chi connectivity index (χ2v) is 9.65. The molecule has 212 valence electrons. The number of rotatable bonds is 9. The van der Waals surface area contributed by atoms with Gasteiger partial charge < -0.3 is 25.0 Å². The molecular formula is C29H29Cl2NO8. The molecule has 3 atom stereocenters. The predicted octanol–water partition coefficient (Wildman–Crippen LogP) is 5.50. The van der Waals surface area contributed by atoms with Crippen LogP contribution in [0.15, 0.2) is 66.7 Å². The zero-order valence-electron chi connectivity index (χ0n) is 22.2. The average molecular weight is 590 g/mol. The zero-order chi connectivity index (χ0) is 30.0. The lowest BCUT2D eigenvalue weighted by Gasteiger charge is -2.21. The number of carbonyl (C=O) groups excluding carboxylic acids is 2. The van der Waals surface area contributed by atoms with E-state index in [0.717, 1.165) is 16.7 Å². The lowest BCUT2D eigenvalue weighted by Crippen LogP contribution is -2.45. The molecule has 0 saturated carbocycles. The van der Waals surface area contributed by atoms with E-state index in [1.165, 1.54) is 24.3 Å². The van der Waals surface area contributed by atoms with Crippen LogP contribution in [0.1, 0.15) is 50.4 Å². The largest absolute Gasteiger partial charge is 0.478 e. The fourth-order valence-electron chi connectivity index (χ4n) is 3.22. The molecule has 0 saturated heterocycles. The van der Waals surface area contributed by atoms with E-state index in [1.807, 2.05) is 19.2 Å². The Morgan fingerprint density at radius 3 is 1.35 bits per heavy atom. The number of nitrogens with one attached hydrogen (secondary N) is 1. The first kappa shape index (κ1) is 32.3. The number of hydrogen-bond acceptors (Lipinski definition) is 7. The normalized spacial score (nSPS) is 12.7. The van der Waals surface area contributed by atoms with Crippen LogP contribution in [0.3, 0.4) is 0 Å². The van der Waals surface area contributed by atoms with Gasteiger partial charge in [0.2, 0.25) is 12.2 Å². The van der Waals surface area contributed by atoms with Crippen molar-refractivity contribution in [2.75, 3.05) is 7.05 Å². The predicted molar refractivity (Wildman–Crippen MR) is 150 cm³/mol. The standard InChI is InChI=1S/C20H18O8.C9H11Cl2N/c1-11-3-7-13(8-4-11)19(25)27-15(17(21)22)16(18(23)24)28-20(26)14-9-5-12(2)6-10-14;1-6(12-2)7-3-8(10)5-9(11)4-7/h3-10,15-16H,1-2H3,(H,21,22)(H,23,24);3-6,12H,1-2H3/t15-,16-;/m0./s1. The minimum Gasteiger partial charge on any atom is -0.478 e. The van der Waals surface area contributed by atoms with Crippen LogP contribution in [0.25, 0.3) is 0 Å². The van der Waals surface area contributed by atoms with Crippen molar-refractivity contribution in [1.29, 1.82) is 0 Å². The number of benzene rings is 3. The van der Waals surface area contributed by atoms with Gasteiger partial charge in [0.1, 0.15) is 0 Å². The molecule has 0 aliphatic carbocycles. The maximum Gasteiger partial charge on any atom is 0.349 e. The van der Waals surface area contributed by atoms with Gasteiger partial charge in [-0.25, -0.2) is 19.2 Å². The van der Waals surface area contributed by atoms with Crippen LogP contribution in [0.5, 0.6) is 0 Å². The Morgan fingerprint density at radius 1 is 0.700 bits per heavy atom. The Hall–Kier alpha value is -3.92. The van der Waals surface area contributed by atoms with E-state index < -0.39 is 36.1 Å². The summed E-state index contributed by atoms with van der Waals surface area (Å²) in [6.07, 6.45) is -4.44. The molecule has 0 fully saturated rings. The Morgan fingerprint density at radius 2 is 1.05 bits per heavy atom. The number of aliphatic carboxylic acids is 2. The van der Waals surface area contributed by atoms with Crippen LogP contribution in [-0.4, -0.2) is 53.3 Å². The molecule has 3 aromatic rings. The van der Waals surface area contributed by atoms with Gasteiger partial charge in [0, 0.05) is 16.1 Å². The molecule has 40 heavy (non-hydrogen) atoms. The molecule has 0 spiro atoms. The van der Waals surface area contributed by atoms with Gasteiger partial charge in [-0.3, -0.25) is 0 Å². The summed E-state index contributed by atoms with van der Waals surface area (Å²) in [6.45, 7) is 5.64. The number of halogens is 2. The molecule has 9 nitrogen and oxygen atoms in total. The first-order valence-corrected chi connectivity index (χ1v) is 12.7. The smallest absolute Gasteiger partial charge is 0.349 e. The van der Waals surface area contributed by atoms with Crippen LogP contribution >= 0.6 is 23.2 Å². The fraction of sp³-hybridized carbons (Fsp3) is 0.241. The van der Waals surface area contributed by atoms with E-state index in [4.69, 9.17) is 32.7 Å². The second-order valence-electron chi connectivity index (χ2n) is 8.77. The summed E-state index contributed by atoms with van der Waals surface area (Å²) < 4.78 is 9.64. The number of hydrogen-bond donors (Lipinski definition) is 3. The molecular weight excluding hydrogens is 561 g/mol. The number of carbonyl (C=O) groups is 4. The molecule has 3 N–H and O–H groups in total. The lowest BCUT2D eigenvalue weighted by molar-refractivity contribution is -0.166. The van der Waals surface area contributed by atoms with E-state index in [-0.39, 0.29) is 17.2 Å². The minimum absolute atomic E-state index is 0.0332.